The molecule has 1 unspecified atom stereocenters. The van der Waals surface area contributed by atoms with Gasteiger partial charge in [0.25, 0.3) is 0 Å². The van der Waals surface area contributed by atoms with Crippen LogP contribution in [0.1, 0.15) is 24.2 Å². The van der Waals surface area contributed by atoms with E-state index in [1.54, 1.807) is 4.68 Å². The van der Waals surface area contributed by atoms with Crippen molar-refractivity contribution in [2.45, 2.75) is 26.4 Å². The minimum atomic E-state index is -0.292. The number of nitrogens with zero attached hydrogens (tertiary/aromatic N) is 4. The van der Waals surface area contributed by atoms with Crippen LogP contribution in [0.4, 0.5) is 0 Å². The van der Waals surface area contributed by atoms with E-state index in [4.69, 9.17) is 11.6 Å². The van der Waals surface area contributed by atoms with Gasteiger partial charge in [0.05, 0.1) is 10.2 Å². The number of benzene rings is 1. The Balaban J connectivity index is 1.56. The Morgan fingerprint density at radius 2 is 1.96 bits per heavy atom. The zero-order valence-corrected chi connectivity index (χ0v) is 16.8. The molecule has 1 aromatic carbocycles. The molecule has 1 aliphatic rings. The van der Waals surface area contributed by atoms with E-state index in [0.717, 1.165) is 53.5 Å². The maximum atomic E-state index is 12.7. The average Bonchev–Trinajstić information content (AvgIpc) is 2.95. The molecule has 1 fully saturated rings. The summed E-state index contributed by atoms with van der Waals surface area (Å²) in [7, 11) is 0. The highest BCUT2D eigenvalue weighted by atomic mass is 79.9. The molecule has 1 amide bonds. The molecule has 0 aliphatic carbocycles. The van der Waals surface area contributed by atoms with E-state index in [2.05, 4.69) is 32.0 Å². The van der Waals surface area contributed by atoms with Crippen molar-refractivity contribution >= 4 is 33.4 Å². The van der Waals surface area contributed by atoms with Crippen LogP contribution in [-0.4, -0.2) is 51.7 Å². The first-order valence-electron chi connectivity index (χ1n) is 8.41. The van der Waals surface area contributed by atoms with Crippen molar-refractivity contribution in [1.29, 1.82) is 0 Å². The summed E-state index contributed by atoms with van der Waals surface area (Å²) in [5.41, 5.74) is 2.03. The number of carbonyl (C=O) groups excluding carboxylic acids is 1. The van der Waals surface area contributed by atoms with E-state index >= 15 is 0 Å². The molecule has 1 aliphatic heterocycles. The first-order valence-corrected chi connectivity index (χ1v) is 9.58. The van der Waals surface area contributed by atoms with Crippen LogP contribution in [0.25, 0.3) is 0 Å². The summed E-state index contributed by atoms with van der Waals surface area (Å²) in [5.74, 6) is 0.118. The second-order valence-corrected chi connectivity index (χ2v) is 7.67. The molecule has 1 saturated heterocycles. The molecule has 1 atom stereocenters. The van der Waals surface area contributed by atoms with Gasteiger partial charge in [0, 0.05) is 43.9 Å². The normalized spacial score (nSPS) is 16.9. The van der Waals surface area contributed by atoms with E-state index in [9.17, 15) is 4.79 Å². The fraction of sp³-hybridized carbons (Fsp3) is 0.444. The lowest BCUT2D eigenvalue weighted by atomic mass is 10.2. The molecule has 0 bridgehead atoms. The Hall–Kier alpha value is -1.37. The number of rotatable bonds is 4. The molecular weight excluding hydrogens is 404 g/mol. The van der Waals surface area contributed by atoms with Gasteiger partial charge in [-0.25, -0.2) is 0 Å². The lowest BCUT2D eigenvalue weighted by molar-refractivity contribution is -0.136. The third-order valence-electron chi connectivity index (χ3n) is 4.65. The van der Waals surface area contributed by atoms with Gasteiger partial charge in [-0.15, -0.1) is 0 Å². The van der Waals surface area contributed by atoms with Crippen LogP contribution < -0.4 is 0 Å². The maximum absolute atomic E-state index is 12.7. The minimum Gasteiger partial charge on any atom is -0.338 e. The molecule has 5 nitrogen and oxygen atoms in total. The van der Waals surface area contributed by atoms with Crippen LogP contribution in [0.5, 0.6) is 0 Å². The summed E-state index contributed by atoms with van der Waals surface area (Å²) < 4.78 is 2.66. The summed E-state index contributed by atoms with van der Waals surface area (Å²) in [5, 5.41) is 5.20. The van der Waals surface area contributed by atoms with Gasteiger partial charge in [-0.05, 0) is 41.4 Å². The van der Waals surface area contributed by atoms with Crippen LogP contribution in [0, 0.1) is 6.92 Å². The Labute approximate surface area is 161 Å². The zero-order chi connectivity index (χ0) is 18.0. The number of piperazine rings is 1. The summed E-state index contributed by atoms with van der Waals surface area (Å²) in [6, 6.07) is 7.63. The van der Waals surface area contributed by atoms with Gasteiger partial charge in [0.15, 0.2) is 0 Å². The second kappa shape index (κ2) is 7.89. The van der Waals surface area contributed by atoms with E-state index in [-0.39, 0.29) is 11.9 Å². The molecule has 0 radical (unpaired) electrons. The fourth-order valence-corrected chi connectivity index (χ4v) is 3.51. The van der Waals surface area contributed by atoms with Crippen LogP contribution in [0.15, 0.2) is 34.9 Å². The first kappa shape index (κ1) is 18.4. The van der Waals surface area contributed by atoms with Crippen LogP contribution in [0.2, 0.25) is 5.02 Å². The van der Waals surface area contributed by atoms with Gasteiger partial charge in [-0.3, -0.25) is 14.4 Å². The van der Waals surface area contributed by atoms with Crippen molar-refractivity contribution in [3.05, 3.63) is 51.2 Å². The molecule has 25 heavy (non-hydrogen) atoms. The Morgan fingerprint density at radius 3 is 2.56 bits per heavy atom. The Bertz CT molecular complexity index is 736. The number of amides is 1. The standard InChI is InChI=1S/C18H22BrClN4O/c1-13-16(19)12-24(21-13)14(2)18(25)23-9-7-22(8-10-23)11-15-5-3-4-6-17(15)20/h3-6,12,14H,7-11H2,1-2H3. The van der Waals surface area contributed by atoms with Crippen molar-refractivity contribution < 1.29 is 4.79 Å². The predicted molar refractivity (Wildman–Crippen MR) is 103 cm³/mol. The molecule has 134 valence electrons. The number of hydrogen-bond acceptors (Lipinski definition) is 3. The maximum Gasteiger partial charge on any atom is 0.247 e. The molecule has 3 rings (SSSR count). The number of hydrogen-bond donors (Lipinski definition) is 0. The second-order valence-electron chi connectivity index (χ2n) is 6.41. The van der Waals surface area contributed by atoms with E-state index in [1.807, 2.05) is 43.1 Å². The third-order valence-corrected chi connectivity index (χ3v) is 5.79. The van der Waals surface area contributed by atoms with Gasteiger partial charge < -0.3 is 4.90 Å². The fourth-order valence-electron chi connectivity index (χ4n) is 3.03. The van der Waals surface area contributed by atoms with E-state index in [1.165, 1.54) is 0 Å². The SMILES string of the molecule is Cc1nn(C(C)C(=O)N2CCN(Cc3ccccc3Cl)CC2)cc1Br. The lowest BCUT2D eigenvalue weighted by Gasteiger charge is -2.36. The molecule has 1 aromatic heterocycles. The Kier molecular flexibility index (Phi) is 5.81. The topological polar surface area (TPSA) is 41.4 Å². The Morgan fingerprint density at radius 1 is 1.28 bits per heavy atom. The molecule has 0 spiro atoms. The lowest BCUT2D eigenvalue weighted by Crippen LogP contribution is -2.50. The number of carbonyl (C=O) groups is 1. The number of aryl methyl sites for hydroxylation is 1. The monoisotopic (exact) mass is 424 g/mol. The highest BCUT2D eigenvalue weighted by Gasteiger charge is 2.26. The molecule has 2 aromatic rings. The zero-order valence-electron chi connectivity index (χ0n) is 14.5. The average molecular weight is 426 g/mol. The molecular formula is C18H22BrClN4O. The van der Waals surface area contributed by atoms with Gasteiger partial charge >= 0.3 is 0 Å². The van der Waals surface area contributed by atoms with Gasteiger partial charge in [0.1, 0.15) is 6.04 Å². The highest BCUT2D eigenvalue weighted by molar-refractivity contribution is 9.10. The summed E-state index contributed by atoms with van der Waals surface area (Å²) in [6.07, 6.45) is 1.87. The predicted octanol–water partition coefficient (Wildman–Crippen LogP) is 3.51. The highest BCUT2D eigenvalue weighted by Crippen LogP contribution is 2.20. The van der Waals surface area contributed by atoms with Gasteiger partial charge in [0.2, 0.25) is 5.91 Å². The van der Waals surface area contributed by atoms with Crippen molar-refractivity contribution in [3.8, 4) is 0 Å². The van der Waals surface area contributed by atoms with Crippen LogP contribution in [-0.2, 0) is 11.3 Å². The molecule has 0 N–H and O–H groups in total. The van der Waals surface area contributed by atoms with Crippen molar-refractivity contribution in [3.63, 3.8) is 0 Å². The summed E-state index contributed by atoms with van der Waals surface area (Å²) in [4.78, 5) is 17.0. The number of halogens is 2. The van der Waals surface area contributed by atoms with Gasteiger partial charge in [-0.2, -0.15) is 5.10 Å². The first-order chi connectivity index (χ1) is 12.0. The number of aromatic nitrogens is 2. The largest absolute Gasteiger partial charge is 0.338 e. The molecule has 0 saturated carbocycles. The summed E-state index contributed by atoms with van der Waals surface area (Å²) >= 11 is 9.69. The van der Waals surface area contributed by atoms with E-state index < -0.39 is 0 Å². The third kappa shape index (κ3) is 4.25. The minimum absolute atomic E-state index is 0.118. The van der Waals surface area contributed by atoms with Gasteiger partial charge in [-0.1, -0.05) is 29.8 Å². The molecule has 7 heteroatoms. The van der Waals surface area contributed by atoms with E-state index in [0.29, 0.717) is 0 Å². The smallest absolute Gasteiger partial charge is 0.247 e. The van der Waals surface area contributed by atoms with Crippen LogP contribution in [0.3, 0.4) is 0 Å². The van der Waals surface area contributed by atoms with Crippen LogP contribution >= 0.6 is 27.5 Å². The summed E-state index contributed by atoms with van der Waals surface area (Å²) in [6.45, 7) is 7.81. The quantitative estimate of drug-likeness (QED) is 0.753. The molecule has 2 heterocycles. The van der Waals surface area contributed by atoms with Crippen molar-refractivity contribution in [2.75, 3.05) is 26.2 Å². The van der Waals surface area contributed by atoms with Crippen molar-refractivity contribution in [1.82, 2.24) is 19.6 Å². The van der Waals surface area contributed by atoms with Crippen molar-refractivity contribution in [2.24, 2.45) is 0 Å².